The fraction of sp³-hybridized carbons (Fsp3) is 0.667. The van der Waals surface area contributed by atoms with Crippen LogP contribution in [0.5, 0.6) is 5.75 Å². The van der Waals surface area contributed by atoms with Gasteiger partial charge in [-0.25, -0.2) is 0 Å². The maximum atomic E-state index is 5.56. The van der Waals surface area contributed by atoms with Crippen molar-refractivity contribution in [3.05, 3.63) is 29.8 Å². The van der Waals surface area contributed by atoms with E-state index in [9.17, 15) is 0 Å². The summed E-state index contributed by atoms with van der Waals surface area (Å²) in [6, 6.07) is 9.05. The Labute approximate surface area is 123 Å². The Morgan fingerprint density at radius 2 is 1.95 bits per heavy atom. The van der Waals surface area contributed by atoms with Crippen molar-refractivity contribution in [2.24, 2.45) is 5.92 Å². The normalized spacial score (nSPS) is 18.5. The highest BCUT2D eigenvalue weighted by molar-refractivity contribution is 5.28. The first-order valence-electron chi connectivity index (χ1n) is 8.24. The summed E-state index contributed by atoms with van der Waals surface area (Å²) in [7, 11) is 0. The van der Waals surface area contributed by atoms with E-state index in [-0.39, 0.29) is 0 Å². The largest absolute Gasteiger partial charge is 0.494 e. The highest BCUT2D eigenvalue weighted by atomic mass is 16.5. The van der Waals surface area contributed by atoms with Gasteiger partial charge in [0.15, 0.2) is 0 Å². The van der Waals surface area contributed by atoms with E-state index in [4.69, 9.17) is 4.74 Å². The SMILES string of the molecule is CCOc1cccc(CN[C@@H](C)C2CCCCCC2)c1. The molecule has 1 atom stereocenters. The van der Waals surface area contributed by atoms with E-state index in [0.717, 1.165) is 24.8 Å². The van der Waals surface area contributed by atoms with Gasteiger partial charge in [-0.1, -0.05) is 37.8 Å². The van der Waals surface area contributed by atoms with E-state index in [0.29, 0.717) is 6.04 Å². The Morgan fingerprint density at radius 1 is 1.20 bits per heavy atom. The molecule has 1 fully saturated rings. The Balaban J connectivity index is 1.82. The van der Waals surface area contributed by atoms with Crippen LogP contribution in [0.4, 0.5) is 0 Å². The lowest BCUT2D eigenvalue weighted by Gasteiger charge is -2.23. The van der Waals surface area contributed by atoms with Crippen LogP contribution in [0.2, 0.25) is 0 Å². The van der Waals surface area contributed by atoms with Gasteiger partial charge in [0.25, 0.3) is 0 Å². The molecule has 0 amide bonds. The first-order valence-corrected chi connectivity index (χ1v) is 8.24. The molecule has 0 aliphatic heterocycles. The van der Waals surface area contributed by atoms with Gasteiger partial charge >= 0.3 is 0 Å². The van der Waals surface area contributed by atoms with E-state index in [1.165, 1.54) is 44.1 Å². The smallest absolute Gasteiger partial charge is 0.119 e. The predicted octanol–water partition coefficient (Wildman–Crippen LogP) is 4.53. The van der Waals surface area contributed by atoms with Crippen LogP contribution in [0, 0.1) is 5.92 Å². The molecular weight excluding hydrogens is 246 g/mol. The van der Waals surface area contributed by atoms with Crippen LogP contribution in [0.1, 0.15) is 57.9 Å². The van der Waals surface area contributed by atoms with Crippen LogP contribution in [0.15, 0.2) is 24.3 Å². The van der Waals surface area contributed by atoms with Crippen LogP contribution in [0.3, 0.4) is 0 Å². The number of ether oxygens (including phenoxy) is 1. The standard InChI is InChI=1S/C18H29NO/c1-3-20-18-12-8-9-16(13-18)14-19-15(2)17-10-6-4-5-7-11-17/h8-9,12-13,15,17,19H,3-7,10-11,14H2,1-2H3/t15-/m0/s1. The fourth-order valence-electron chi connectivity index (χ4n) is 3.17. The minimum atomic E-state index is 0.615. The summed E-state index contributed by atoms with van der Waals surface area (Å²) in [6.07, 6.45) is 8.48. The molecule has 1 aromatic rings. The summed E-state index contributed by atoms with van der Waals surface area (Å²) >= 11 is 0. The van der Waals surface area contributed by atoms with Gasteiger partial charge in [0.2, 0.25) is 0 Å². The van der Waals surface area contributed by atoms with Gasteiger partial charge in [-0.05, 0) is 50.3 Å². The minimum Gasteiger partial charge on any atom is -0.494 e. The molecule has 1 aliphatic rings. The van der Waals surface area contributed by atoms with Crippen molar-refractivity contribution in [1.82, 2.24) is 5.32 Å². The summed E-state index contributed by atoms with van der Waals surface area (Å²) in [5.41, 5.74) is 1.32. The van der Waals surface area contributed by atoms with Gasteiger partial charge in [-0.3, -0.25) is 0 Å². The van der Waals surface area contributed by atoms with Crippen LogP contribution in [-0.4, -0.2) is 12.6 Å². The van der Waals surface area contributed by atoms with Crippen LogP contribution in [0.25, 0.3) is 0 Å². The molecule has 20 heavy (non-hydrogen) atoms. The van der Waals surface area contributed by atoms with Crippen molar-refractivity contribution < 1.29 is 4.74 Å². The molecule has 0 aromatic heterocycles. The molecule has 2 nitrogen and oxygen atoms in total. The minimum absolute atomic E-state index is 0.615. The highest BCUT2D eigenvalue weighted by Crippen LogP contribution is 2.25. The molecule has 0 unspecified atom stereocenters. The molecule has 0 spiro atoms. The van der Waals surface area contributed by atoms with Crippen LogP contribution in [-0.2, 0) is 6.54 Å². The molecule has 1 N–H and O–H groups in total. The second kappa shape index (κ2) is 8.31. The van der Waals surface area contributed by atoms with E-state index in [2.05, 4.69) is 30.4 Å². The Morgan fingerprint density at radius 3 is 2.65 bits per heavy atom. The van der Waals surface area contributed by atoms with E-state index in [1.54, 1.807) is 0 Å². The molecule has 0 radical (unpaired) electrons. The van der Waals surface area contributed by atoms with Gasteiger partial charge < -0.3 is 10.1 Å². The first kappa shape index (κ1) is 15.4. The lowest BCUT2D eigenvalue weighted by molar-refractivity contribution is 0.333. The summed E-state index contributed by atoms with van der Waals surface area (Å²) in [5.74, 6) is 1.83. The number of hydrogen-bond donors (Lipinski definition) is 1. The number of benzene rings is 1. The van der Waals surface area contributed by atoms with Crippen molar-refractivity contribution in [3.63, 3.8) is 0 Å². The maximum absolute atomic E-state index is 5.56. The summed E-state index contributed by atoms with van der Waals surface area (Å²) in [4.78, 5) is 0. The zero-order valence-electron chi connectivity index (χ0n) is 13.0. The van der Waals surface area contributed by atoms with Crippen molar-refractivity contribution in [2.75, 3.05) is 6.61 Å². The second-order valence-electron chi connectivity index (χ2n) is 6.00. The van der Waals surface area contributed by atoms with Gasteiger partial charge in [0.05, 0.1) is 6.61 Å². The monoisotopic (exact) mass is 275 g/mol. The van der Waals surface area contributed by atoms with E-state index < -0.39 is 0 Å². The molecule has 2 rings (SSSR count). The van der Waals surface area contributed by atoms with E-state index in [1.807, 2.05) is 13.0 Å². The molecule has 1 saturated carbocycles. The molecule has 112 valence electrons. The van der Waals surface area contributed by atoms with Gasteiger partial charge in [0, 0.05) is 12.6 Å². The number of hydrogen-bond acceptors (Lipinski definition) is 2. The molecule has 2 heteroatoms. The van der Waals surface area contributed by atoms with Crippen molar-refractivity contribution >= 4 is 0 Å². The maximum Gasteiger partial charge on any atom is 0.119 e. The third-order valence-electron chi connectivity index (χ3n) is 4.44. The lowest BCUT2D eigenvalue weighted by Crippen LogP contribution is -2.32. The Hall–Kier alpha value is -1.02. The summed E-state index contributed by atoms with van der Waals surface area (Å²) in [6.45, 7) is 6.05. The first-order chi connectivity index (χ1) is 9.79. The zero-order chi connectivity index (χ0) is 14.2. The number of rotatable bonds is 6. The van der Waals surface area contributed by atoms with Crippen molar-refractivity contribution in [1.29, 1.82) is 0 Å². The van der Waals surface area contributed by atoms with Gasteiger partial charge in [0.1, 0.15) is 5.75 Å². The lowest BCUT2D eigenvalue weighted by atomic mass is 9.93. The third-order valence-corrected chi connectivity index (χ3v) is 4.44. The van der Waals surface area contributed by atoms with Crippen LogP contribution < -0.4 is 10.1 Å². The molecule has 0 heterocycles. The number of nitrogens with one attached hydrogen (secondary N) is 1. The molecule has 0 bridgehead atoms. The average molecular weight is 275 g/mol. The third kappa shape index (κ3) is 4.82. The molecule has 1 aromatic carbocycles. The fourth-order valence-corrected chi connectivity index (χ4v) is 3.17. The predicted molar refractivity (Wildman–Crippen MR) is 85.1 cm³/mol. The molecular formula is C18H29NO. The topological polar surface area (TPSA) is 21.3 Å². The van der Waals surface area contributed by atoms with E-state index >= 15 is 0 Å². The Bertz CT molecular complexity index is 383. The zero-order valence-corrected chi connectivity index (χ0v) is 13.0. The molecule has 1 aliphatic carbocycles. The van der Waals surface area contributed by atoms with Gasteiger partial charge in [-0.2, -0.15) is 0 Å². The molecule has 0 saturated heterocycles. The van der Waals surface area contributed by atoms with Gasteiger partial charge in [-0.15, -0.1) is 0 Å². The summed E-state index contributed by atoms with van der Waals surface area (Å²) < 4.78 is 5.56. The van der Waals surface area contributed by atoms with Crippen molar-refractivity contribution in [2.45, 2.75) is 65.0 Å². The quantitative estimate of drug-likeness (QED) is 0.770. The summed E-state index contributed by atoms with van der Waals surface area (Å²) in [5, 5.41) is 3.71. The Kier molecular flexibility index (Phi) is 6.38. The second-order valence-corrected chi connectivity index (χ2v) is 6.00. The van der Waals surface area contributed by atoms with Crippen molar-refractivity contribution in [3.8, 4) is 5.75 Å². The highest BCUT2D eigenvalue weighted by Gasteiger charge is 2.18. The average Bonchev–Trinajstić information content (AvgIpc) is 2.75. The van der Waals surface area contributed by atoms with Crippen LogP contribution >= 0.6 is 0 Å².